The third-order valence-corrected chi connectivity index (χ3v) is 1.00. The van der Waals surface area contributed by atoms with E-state index in [1.165, 1.54) is 0 Å². The molecule has 0 saturated carbocycles. The monoisotopic (exact) mass is 100 g/mol. The van der Waals surface area contributed by atoms with Crippen LogP contribution in [0.1, 0.15) is 6.92 Å². The summed E-state index contributed by atoms with van der Waals surface area (Å²) in [4.78, 5) is 0. The highest BCUT2D eigenvalue weighted by atomic mass is 14.9. The molecule has 0 heterocycles. The van der Waals surface area contributed by atoms with E-state index < -0.39 is 0 Å². The van der Waals surface area contributed by atoms with E-state index in [0.29, 0.717) is 6.04 Å². The van der Waals surface area contributed by atoms with Crippen molar-refractivity contribution >= 4 is 7.98 Å². The van der Waals surface area contributed by atoms with Crippen molar-refractivity contribution in [2.45, 2.75) is 13.0 Å². The Labute approximate surface area is 46.1 Å². The molecule has 0 aliphatic rings. The fraction of sp³-hybridized carbons (Fsp3) is 1.00. The Morgan fingerprint density at radius 2 is 2.29 bits per heavy atom. The van der Waals surface area contributed by atoms with Gasteiger partial charge in [0.15, 0.2) is 7.98 Å². The second-order valence-corrected chi connectivity index (χ2v) is 1.75. The van der Waals surface area contributed by atoms with Crippen LogP contribution >= 0.6 is 0 Å². The van der Waals surface area contributed by atoms with Crippen LogP contribution in [0.3, 0.4) is 0 Å². The molecule has 0 rings (SSSR count). The maximum atomic E-state index is 3.10. The molecule has 2 nitrogen and oxygen atoms in total. The van der Waals surface area contributed by atoms with E-state index in [2.05, 4.69) is 17.5 Å². The van der Waals surface area contributed by atoms with Gasteiger partial charge in [-0.25, -0.2) is 0 Å². The van der Waals surface area contributed by atoms with Gasteiger partial charge in [-0.1, -0.05) is 0 Å². The highest BCUT2D eigenvalue weighted by molar-refractivity contribution is 6.04. The van der Waals surface area contributed by atoms with Crippen molar-refractivity contribution in [2.24, 2.45) is 0 Å². The summed E-state index contributed by atoms with van der Waals surface area (Å²) in [7, 11) is 3.91. The molecule has 3 heteroatoms. The van der Waals surface area contributed by atoms with E-state index in [-0.39, 0.29) is 0 Å². The fourth-order valence-electron chi connectivity index (χ4n) is 0.408. The highest BCUT2D eigenvalue weighted by Crippen LogP contribution is 1.70. The first kappa shape index (κ1) is 6.98. The molecule has 0 aliphatic carbocycles. The van der Waals surface area contributed by atoms with Crippen LogP contribution < -0.4 is 10.5 Å². The van der Waals surface area contributed by atoms with Gasteiger partial charge in [0, 0.05) is 12.6 Å². The molecular weight excluding hydrogens is 86.9 g/mol. The number of hydrogen-bond acceptors (Lipinski definition) is 2. The summed E-state index contributed by atoms with van der Waals surface area (Å²) in [5, 5.41) is 6.16. The SMILES string of the molecule is BN[C@H](C)CNC. The summed E-state index contributed by atoms with van der Waals surface area (Å²) in [6.07, 6.45) is 0. The van der Waals surface area contributed by atoms with Crippen LogP contribution in [0.25, 0.3) is 0 Å². The minimum Gasteiger partial charge on any atom is -0.359 e. The standard InChI is InChI=1S/C4H13BN2/c1-4(7-5)3-6-2/h4,6-7H,3,5H2,1-2H3/t4-/m1/s1. The predicted molar refractivity (Wildman–Crippen MR) is 35.1 cm³/mol. The van der Waals surface area contributed by atoms with Gasteiger partial charge in [-0.2, -0.15) is 0 Å². The van der Waals surface area contributed by atoms with Gasteiger partial charge in [0.05, 0.1) is 0 Å². The quantitative estimate of drug-likeness (QED) is 0.432. The lowest BCUT2D eigenvalue weighted by Crippen LogP contribution is -2.32. The van der Waals surface area contributed by atoms with Crippen molar-refractivity contribution in [2.75, 3.05) is 13.6 Å². The molecule has 0 fully saturated rings. The van der Waals surface area contributed by atoms with Crippen LogP contribution in [0.2, 0.25) is 0 Å². The van der Waals surface area contributed by atoms with Gasteiger partial charge >= 0.3 is 0 Å². The summed E-state index contributed by atoms with van der Waals surface area (Å²) in [6, 6.07) is 0.588. The zero-order chi connectivity index (χ0) is 5.70. The normalized spacial score (nSPS) is 14.0. The Bertz CT molecular complexity index is 40.7. The summed E-state index contributed by atoms with van der Waals surface area (Å²) in [6.45, 7) is 3.17. The highest BCUT2D eigenvalue weighted by Gasteiger charge is 1.90. The molecule has 7 heavy (non-hydrogen) atoms. The molecule has 0 aromatic heterocycles. The summed E-state index contributed by atoms with van der Waals surface area (Å²) in [5.74, 6) is 0. The molecular formula is C4H13BN2. The lowest BCUT2D eigenvalue weighted by Gasteiger charge is -2.06. The molecule has 0 aromatic rings. The fourth-order valence-corrected chi connectivity index (χ4v) is 0.408. The first-order valence-corrected chi connectivity index (χ1v) is 2.63. The molecule has 0 spiro atoms. The maximum Gasteiger partial charge on any atom is 0.182 e. The Morgan fingerprint density at radius 1 is 1.71 bits per heavy atom. The van der Waals surface area contributed by atoms with E-state index >= 15 is 0 Å². The van der Waals surface area contributed by atoms with Crippen molar-refractivity contribution in [1.82, 2.24) is 10.5 Å². The second kappa shape index (κ2) is 4.15. The van der Waals surface area contributed by atoms with E-state index in [4.69, 9.17) is 0 Å². The van der Waals surface area contributed by atoms with Crippen LogP contribution in [0, 0.1) is 0 Å². The van der Waals surface area contributed by atoms with E-state index in [1.807, 2.05) is 15.0 Å². The van der Waals surface area contributed by atoms with E-state index in [9.17, 15) is 0 Å². The maximum absolute atomic E-state index is 3.10. The number of likely N-dealkylation sites (N-methyl/N-ethyl adjacent to an activating group) is 1. The summed E-state index contributed by atoms with van der Waals surface area (Å²) < 4.78 is 0. The lowest BCUT2D eigenvalue weighted by atomic mass is 10.2. The topological polar surface area (TPSA) is 24.1 Å². The van der Waals surface area contributed by atoms with Crippen LogP contribution in [-0.2, 0) is 0 Å². The third-order valence-electron chi connectivity index (χ3n) is 1.00. The minimum absolute atomic E-state index is 0.588. The lowest BCUT2D eigenvalue weighted by molar-refractivity contribution is 0.626. The van der Waals surface area contributed by atoms with Crippen LogP contribution in [0.5, 0.6) is 0 Å². The molecule has 0 radical (unpaired) electrons. The summed E-state index contributed by atoms with van der Waals surface area (Å²) in [5.41, 5.74) is 0. The van der Waals surface area contributed by atoms with Gasteiger partial charge < -0.3 is 10.5 Å². The van der Waals surface area contributed by atoms with E-state index in [0.717, 1.165) is 6.54 Å². The van der Waals surface area contributed by atoms with Crippen molar-refractivity contribution in [3.05, 3.63) is 0 Å². The Kier molecular flexibility index (Phi) is 4.14. The summed E-state index contributed by atoms with van der Waals surface area (Å²) >= 11 is 0. The average molecular weight is 100.0 g/mol. The molecule has 42 valence electrons. The molecule has 2 N–H and O–H groups in total. The molecule has 0 amide bonds. The predicted octanol–water partition coefficient (Wildman–Crippen LogP) is -1.27. The number of nitrogens with one attached hydrogen (secondary N) is 2. The molecule has 0 saturated heterocycles. The Morgan fingerprint density at radius 3 is 2.43 bits per heavy atom. The van der Waals surface area contributed by atoms with Gasteiger partial charge in [-0.3, -0.25) is 0 Å². The smallest absolute Gasteiger partial charge is 0.182 e. The number of rotatable bonds is 3. The Hall–Kier alpha value is -0.0151. The third kappa shape index (κ3) is 3.82. The average Bonchev–Trinajstić information content (AvgIpc) is 1.68. The van der Waals surface area contributed by atoms with Gasteiger partial charge in [0.25, 0.3) is 0 Å². The first-order chi connectivity index (χ1) is 3.31. The zero-order valence-electron chi connectivity index (χ0n) is 5.28. The largest absolute Gasteiger partial charge is 0.359 e. The van der Waals surface area contributed by atoms with E-state index in [1.54, 1.807) is 0 Å². The van der Waals surface area contributed by atoms with Crippen molar-refractivity contribution < 1.29 is 0 Å². The number of hydrogen-bond donors (Lipinski definition) is 2. The van der Waals surface area contributed by atoms with Gasteiger partial charge in [-0.15, -0.1) is 0 Å². The molecule has 1 atom stereocenters. The van der Waals surface area contributed by atoms with Gasteiger partial charge in [0.2, 0.25) is 0 Å². The molecule has 0 aliphatic heterocycles. The van der Waals surface area contributed by atoms with Crippen molar-refractivity contribution in [3.63, 3.8) is 0 Å². The zero-order valence-corrected chi connectivity index (χ0v) is 5.28. The minimum atomic E-state index is 0.588. The molecule has 0 aromatic carbocycles. The molecule has 0 unspecified atom stereocenters. The van der Waals surface area contributed by atoms with Gasteiger partial charge in [0.1, 0.15) is 0 Å². The first-order valence-electron chi connectivity index (χ1n) is 2.63. The van der Waals surface area contributed by atoms with Gasteiger partial charge in [-0.05, 0) is 14.0 Å². The molecule has 0 bridgehead atoms. The Balaban J connectivity index is 2.83. The van der Waals surface area contributed by atoms with Crippen LogP contribution in [-0.4, -0.2) is 27.6 Å². The van der Waals surface area contributed by atoms with Crippen LogP contribution in [0.15, 0.2) is 0 Å². The van der Waals surface area contributed by atoms with Crippen molar-refractivity contribution in [3.8, 4) is 0 Å². The van der Waals surface area contributed by atoms with Crippen LogP contribution in [0.4, 0.5) is 0 Å². The second-order valence-electron chi connectivity index (χ2n) is 1.75. The van der Waals surface area contributed by atoms with Crippen molar-refractivity contribution in [1.29, 1.82) is 0 Å².